The second-order valence-electron chi connectivity index (χ2n) is 8.49. The van der Waals surface area contributed by atoms with Crippen molar-refractivity contribution in [3.8, 4) is 22.1 Å². The number of hydrogen-bond acceptors (Lipinski definition) is 4. The first-order valence-electron chi connectivity index (χ1n) is 9.72. The van der Waals surface area contributed by atoms with Crippen molar-refractivity contribution in [2.75, 3.05) is 6.79 Å². The van der Waals surface area contributed by atoms with E-state index in [0.29, 0.717) is 18.6 Å². The van der Waals surface area contributed by atoms with Gasteiger partial charge in [0.05, 0.1) is 10.6 Å². The summed E-state index contributed by atoms with van der Waals surface area (Å²) in [6.45, 7) is 11.5. The number of rotatable bonds is 2. The van der Waals surface area contributed by atoms with Gasteiger partial charge < -0.3 is 9.47 Å². The SMILES string of the molecule is C=C(C)[C@@H]1CC=C2c3sc(-c4ccc5c(c4)OCO5)nc3C[C@@H](C)[C@]2(C)C1. The zero-order valence-electron chi connectivity index (χ0n) is 16.2. The Labute approximate surface area is 164 Å². The molecule has 2 heterocycles. The molecule has 2 aliphatic carbocycles. The van der Waals surface area contributed by atoms with Crippen LogP contribution in [-0.2, 0) is 6.42 Å². The molecule has 0 spiro atoms. The van der Waals surface area contributed by atoms with Gasteiger partial charge in [-0.1, -0.05) is 32.1 Å². The van der Waals surface area contributed by atoms with E-state index in [9.17, 15) is 0 Å². The van der Waals surface area contributed by atoms with Crippen molar-refractivity contribution < 1.29 is 9.47 Å². The van der Waals surface area contributed by atoms with Gasteiger partial charge in [0.25, 0.3) is 0 Å². The molecule has 0 N–H and O–H groups in total. The molecule has 1 aliphatic heterocycles. The van der Waals surface area contributed by atoms with Crippen LogP contribution in [0.25, 0.3) is 16.1 Å². The summed E-state index contributed by atoms with van der Waals surface area (Å²) in [4.78, 5) is 6.43. The van der Waals surface area contributed by atoms with Crippen LogP contribution >= 0.6 is 11.3 Å². The topological polar surface area (TPSA) is 31.4 Å². The molecule has 0 bridgehead atoms. The monoisotopic (exact) mass is 379 g/mol. The quantitative estimate of drug-likeness (QED) is 0.590. The smallest absolute Gasteiger partial charge is 0.231 e. The summed E-state index contributed by atoms with van der Waals surface area (Å²) in [5.74, 6) is 2.83. The predicted octanol–water partition coefficient (Wildman–Crippen LogP) is 6.11. The zero-order valence-corrected chi connectivity index (χ0v) is 17.0. The summed E-state index contributed by atoms with van der Waals surface area (Å²) in [6, 6.07) is 6.14. The number of benzene rings is 1. The molecule has 0 amide bonds. The Morgan fingerprint density at radius 3 is 2.93 bits per heavy atom. The van der Waals surface area contributed by atoms with Crippen LogP contribution in [0.3, 0.4) is 0 Å². The van der Waals surface area contributed by atoms with Crippen LogP contribution in [-0.4, -0.2) is 11.8 Å². The summed E-state index contributed by atoms with van der Waals surface area (Å²) in [7, 11) is 0. The molecule has 0 saturated heterocycles. The molecule has 3 atom stereocenters. The molecular formula is C23H25NO2S. The Bertz CT molecular complexity index is 973. The van der Waals surface area contributed by atoms with Gasteiger partial charge in [-0.05, 0) is 67.2 Å². The molecule has 5 rings (SSSR count). The highest BCUT2D eigenvalue weighted by Gasteiger charge is 2.45. The van der Waals surface area contributed by atoms with Gasteiger partial charge in [-0.15, -0.1) is 11.3 Å². The fourth-order valence-corrected chi connectivity index (χ4v) is 6.03. The molecule has 0 unspecified atom stereocenters. The van der Waals surface area contributed by atoms with E-state index in [1.54, 1.807) is 0 Å². The van der Waals surface area contributed by atoms with E-state index in [4.69, 9.17) is 14.5 Å². The molecule has 140 valence electrons. The average Bonchev–Trinajstić information content (AvgIpc) is 3.27. The molecule has 1 aromatic carbocycles. The third-order valence-electron chi connectivity index (χ3n) is 6.74. The van der Waals surface area contributed by atoms with Gasteiger partial charge in [0.1, 0.15) is 5.01 Å². The van der Waals surface area contributed by atoms with Crippen molar-refractivity contribution >= 4 is 16.9 Å². The Balaban J connectivity index is 1.57. The Morgan fingerprint density at radius 1 is 1.30 bits per heavy atom. The Hall–Kier alpha value is -2.07. The number of ether oxygens (including phenoxy) is 2. The lowest BCUT2D eigenvalue weighted by Crippen LogP contribution is -2.36. The highest BCUT2D eigenvalue weighted by atomic mass is 32.1. The average molecular weight is 380 g/mol. The number of hydrogen-bond donors (Lipinski definition) is 0. The largest absolute Gasteiger partial charge is 0.454 e. The second kappa shape index (κ2) is 5.96. The van der Waals surface area contributed by atoms with Crippen molar-refractivity contribution in [1.29, 1.82) is 0 Å². The molecule has 0 radical (unpaired) electrons. The number of aromatic nitrogens is 1. The van der Waals surface area contributed by atoms with Crippen LogP contribution in [0.5, 0.6) is 11.5 Å². The maximum atomic E-state index is 5.55. The van der Waals surface area contributed by atoms with E-state index in [2.05, 4.69) is 45.6 Å². The van der Waals surface area contributed by atoms with Crippen molar-refractivity contribution in [2.24, 2.45) is 17.3 Å². The van der Waals surface area contributed by atoms with Crippen LogP contribution in [0.2, 0.25) is 0 Å². The van der Waals surface area contributed by atoms with Crippen LogP contribution in [0.15, 0.2) is 36.4 Å². The van der Waals surface area contributed by atoms with Crippen LogP contribution in [0.1, 0.15) is 44.2 Å². The van der Waals surface area contributed by atoms with Crippen molar-refractivity contribution in [1.82, 2.24) is 4.98 Å². The van der Waals surface area contributed by atoms with Crippen molar-refractivity contribution in [2.45, 2.75) is 40.0 Å². The molecule has 1 aromatic heterocycles. The third kappa shape index (κ3) is 2.57. The molecule has 0 saturated carbocycles. The minimum absolute atomic E-state index is 0.216. The molecule has 0 fully saturated rings. The lowest BCUT2D eigenvalue weighted by atomic mass is 9.59. The molecule has 3 nitrogen and oxygen atoms in total. The van der Waals surface area contributed by atoms with E-state index in [1.165, 1.54) is 28.1 Å². The highest BCUT2D eigenvalue weighted by molar-refractivity contribution is 7.16. The second-order valence-corrected chi connectivity index (χ2v) is 9.49. The first-order chi connectivity index (χ1) is 13.0. The number of nitrogens with zero attached hydrogens (tertiary/aromatic N) is 1. The zero-order chi connectivity index (χ0) is 18.8. The summed E-state index contributed by atoms with van der Waals surface area (Å²) >= 11 is 1.83. The van der Waals surface area contributed by atoms with Gasteiger partial charge in [-0.25, -0.2) is 4.98 Å². The number of thiazole rings is 1. The summed E-state index contributed by atoms with van der Waals surface area (Å²) in [5, 5.41) is 1.08. The lowest BCUT2D eigenvalue weighted by Gasteiger charge is -2.46. The lowest BCUT2D eigenvalue weighted by molar-refractivity contribution is 0.174. The number of allylic oxidation sites excluding steroid dienone is 3. The first-order valence-corrected chi connectivity index (χ1v) is 10.5. The third-order valence-corrected chi connectivity index (χ3v) is 7.92. The van der Waals surface area contributed by atoms with Gasteiger partial charge in [0.2, 0.25) is 6.79 Å². The van der Waals surface area contributed by atoms with Gasteiger partial charge in [-0.3, -0.25) is 0 Å². The van der Waals surface area contributed by atoms with Crippen LogP contribution in [0, 0.1) is 17.3 Å². The number of fused-ring (bicyclic) bond motifs is 4. The van der Waals surface area contributed by atoms with E-state index in [-0.39, 0.29) is 5.41 Å². The maximum Gasteiger partial charge on any atom is 0.231 e. The van der Waals surface area contributed by atoms with Crippen molar-refractivity contribution in [3.63, 3.8) is 0 Å². The van der Waals surface area contributed by atoms with Gasteiger partial charge in [0, 0.05) is 5.56 Å². The Kier molecular flexibility index (Phi) is 3.77. The molecular weight excluding hydrogens is 354 g/mol. The molecule has 27 heavy (non-hydrogen) atoms. The minimum atomic E-state index is 0.216. The molecule has 2 aromatic rings. The molecule has 3 aliphatic rings. The van der Waals surface area contributed by atoms with E-state index in [1.807, 2.05) is 17.4 Å². The van der Waals surface area contributed by atoms with E-state index < -0.39 is 0 Å². The maximum absolute atomic E-state index is 5.55. The fourth-order valence-electron chi connectivity index (χ4n) is 4.76. The van der Waals surface area contributed by atoms with Crippen LogP contribution < -0.4 is 9.47 Å². The normalized spacial score (nSPS) is 28.3. The molecule has 4 heteroatoms. The van der Waals surface area contributed by atoms with E-state index in [0.717, 1.165) is 34.9 Å². The Morgan fingerprint density at radius 2 is 2.11 bits per heavy atom. The standard InChI is InChI=1S/C23H25NO2S/c1-13(2)16-5-7-17-21-18(9-14(3)23(17,4)11-16)24-22(27-21)15-6-8-19-20(10-15)26-12-25-19/h6-8,10,14,16H,1,5,9,11-12H2,2-4H3/t14-,16-,23+/m1/s1. The van der Waals surface area contributed by atoms with E-state index >= 15 is 0 Å². The highest BCUT2D eigenvalue weighted by Crippen LogP contribution is 2.57. The van der Waals surface area contributed by atoms with Crippen molar-refractivity contribution in [3.05, 3.63) is 47.0 Å². The predicted molar refractivity (Wildman–Crippen MR) is 110 cm³/mol. The van der Waals surface area contributed by atoms with Gasteiger partial charge in [0.15, 0.2) is 11.5 Å². The fraction of sp³-hybridized carbons (Fsp3) is 0.435. The van der Waals surface area contributed by atoms with Gasteiger partial charge >= 0.3 is 0 Å². The summed E-state index contributed by atoms with van der Waals surface area (Å²) in [6.07, 6.45) is 5.82. The first kappa shape index (κ1) is 17.1. The minimum Gasteiger partial charge on any atom is -0.454 e. The van der Waals surface area contributed by atoms with Gasteiger partial charge in [-0.2, -0.15) is 0 Å². The summed E-state index contributed by atoms with van der Waals surface area (Å²) < 4.78 is 11.0. The van der Waals surface area contributed by atoms with Crippen LogP contribution in [0.4, 0.5) is 0 Å². The summed E-state index contributed by atoms with van der Waals surface area (Å²) in [5.41, 5.74) is 5.42.